The van der Waals surface area contributed by atoms with E-state index in [-0.39, 0.29) is 6.61 Å². The van der Waals surface area contributed by atoms with Crippen molar-refractivity contribution in [3.05, 3.63) is 68.7 Å². The minimum atomic E-state index is 0.214. The van der Waals surface area contributed by atoms with E-state index in [1.54, 1.807) is 0 Å². The van der Waals surface area contributed by atoms with Gasteiger partial charge in [-0.1, -0.05) is 44.0 Å². The summed E-state index contributed by atoms with van der Waals surface area (Å²) in [6.07, 6.45) is 11.6. The minimum Gasteiger partial charge on any atom is -0.481 e. The Kier molecular flexibility index (Phi) is 6.18. The highest BCUT2D eigenvalue weighted by Crippen LogP contribution is 2.31. The highest BCUT2D eigenvalue weighted by atomic mass is 32.1. The van der Waals surface area contributed by atoms with E-state index in [1.165, 1.54) is 21.6 Å². The van der Waals surface area contributed by atoms with Crippen LogP contribution in [0.4, 0.5) is 0 Å². The van der Waals surface area contributed by atoms with Gasteiger partial charge in [-0.25, -0.2) is 4.98 Å². The fraction of sp³-hybridized carbons (Fsp3) is 0.222. The molecule has 170 valence electrons. The second-order valence-corrected chi connectivity index (χ2v) is 9.71. The van der Waals surface area contributed by atoms with Crippen LogP contribution in [-0.4, -0.2) is 32.0 Å². The third kappa shape index (κ3) is 4.35. The van der Waals surface area contributed by atoms with Gasteiger partial charge in [-0.05, 0) is 59.5 Å². The fourth-order valence-corrected chi connectivity index (χ4v) is 4.98. The Hall–Kier alpha value is -3.47. The van der Waals surface area contributed by atoms with Crippen molar-refractivity contribution < 1.29 is 4.74 Å². The second kappa shape index (κ2) is 9.41. The molecule has 0 fully saturated rings. The van der Waals surface area contributed by atoms with Crippen LogP contribution < -0.4 is 14.5 Å². The van der Waals surface area contributed by atoms with Gasteiger partial charge in [0.15, 0.2) is 0 Å². The van der Waals surface area contributed by atoms with E-state index in [0.717, 1.165) is 33.9 Å². The topological polar surface area (TPSA) is 43.2 Å². The molecule has 0 bridgehead atoms. The van der Waals surface area contributed by atoms with Crippen LogP contribution in [0.5, 0.6) is 5.75 Å². The van der Waals surface area contributed by atoms with Crippen molar-refractivity contribution in [1.29, 1.82) is 0 Å². The molecule has 0 saturated heterocycles. The third-order valence-corrected chi connectivity index (χ3v) is 7.03. The van der Waals surface area contributed by atoms with Crippen LogP contribution in [0.3, 0.4) is 0 Å². The number of benzene rings is 2. The van der Waals surface area contributed by atoms with Crippen LogP contribution in [0.2, 0.25) is 0 Å². The highest BCUT2D eigenvalue weighted by Gasteiger charge is 2.15. The van der Waals surface area contributed by atoms with Crippen LogP contribution in [0.25, 0.3) is 34.4 Å². The van der Waals surface area contributed by atoms with E-state index in [4.69, 9.17) is 28.4 Å². The fourth-order valence-electron chi connectivity index (χ4n) is 4.09. The Labute approximate surface area is 207 Å². The summed E-state index contributed by atoms with van der Waals surface area (Å²) in [5, 5.41) is 2.10. The normalized spacial score (nSPS) is 12.7. The molecule has 0 saturated carbocycles. The average Bonchev–Trinajstić information content (AvgIpc) is 3.32. The van der Waals surface area contributed by atoms with E-state index in [9.17, 15) is 0 Å². The lowest BCUT2D eigenvalue weighted by atomic mass is 9.99. The van der Waals surface area contributed by atoms with E-state index in [1.807, 2.05) is 24.4 Å². The smallest absolute Gasteiger partial charge is 0.202 e. The number of hydrogen-bond donors (Lipinski definition) is 0. The summed E-state index contributed by atoms with van der Waals surface area (Å²) in [5.74, 6) is 3.70. The van der Waals surface area contributed by atoms with E-state index >= 15 is 0 Å². The summed E-state index contributed by atoms with van der Waals surface area (Å²) in [7, 11) is 0. The lowest BCUT2D eigenvalue weighted by Crippen LogP contribution is -2.33. The Bertz CT molecular complexity index is 1580. The van der Waals surface area contributed by atoms with Gasteiger partial charge in [0.25, 0.3) is 0 Å². The summed E-state index contributed by atoms with van der Waals surface area (Å²) >= 11 is 7.32. The van der Waals surface area contributed by atoms with Crippen molar-refractivity contribution in [3.63, 3.8) is 0 Å². The monoisotopic (exact) mass is 484 g/mol. The lowest BCUT2D eigenvalue weighted by Gasteiger charge is -2.24. The standard InChI is InChI=1S/C27H24N4OS2/c1-4-13-32-22-9-10-24-23(14-22)26(20-7-5-19(6-8-20)18(2)3)29-27(33)31(24)17-30-12-11-25-21(16-30)15-28-34-25/h1,5-11,14-16,18H,12-13,17H2,2-3H3. The number of ether oxygens (including phenoxy) is 1. The van der Waals surface area contributed by atoms with Gasteiger partial charge in [-0.2, -0.15) is 4.37 Å². The molecule has 5 rings (SSSR count). The van der Waals surface area contributed by atoms with Crippen LogP contribution in [0, 0.1) is 17.1 Å². The maximum Gasteiger partial charge on any atom is 0.202 e. The van der Waals surface area contributed by atoms with Gasteiger partial charge in [-0.15, -0.1) is 6.42 Å². The molecule has 3 heterocycles. The van der Waals surface area contributed by atoms with Crippen LogP contribution in [0.1, 0.15) is 25.3 Å². The van der Waals surface area contributed by atoms with Crippen molar-refractivity contribution in [2.24, 2.45) is 0 Å². The largest absolute Gasteiger partial charge is 0.481 e. The zero-order valence-electron chi connectivity index (χ0n) is 19.1. The molecule has 0 unspecified atom stereocenters. The van der Waals surface area contributed by atoms with Gasteiger partial charge >= 0.3 is 0 Å². The minimum absolute atomic E-state index is 0.214. The summed E-state index contributed by atoms with van der Waals surface area (Å²) in [4.78, 5) is 7.10. The average molecular weight is 485 g/mol. The van der Waals surface area contributed by atoms with Crippen molar-refractivity contribution in [3.8, 4) is 29.4 Å². The number of rotatable bonds is 6. The quantitative estimate of drug-likeness (QED) is 0.297. The molecule has 1 aliphatic heterocycles. The number of hydrogen-bond acceptors (Lipinski definition) is 6. The molecule has 0 atom stereocenters. The molecule has 2 aromatic carbocycles. The van der Waals surface area contributed by atoms with Crippen molar-refractivity contribution >= 4 is 46.9 Å². The summed E-state index contributed by atoms with van der Waals surface area (Å²) in [6, 6.07) is 14.5. The molecule has 34 heavy (non-hydrogen) atoms. The first-order chi connectivity index (χ1) is 16.5. The molecule has 2 aromatic heterocycles. The Morgan fingerprint density at radius 2 is 2.03 bits per heavy atom. The summed E-state index contributed by atoms with van der Waals surface area (Å²) in [5.41, 5.74) is 4.15. The number of aromatic nitrogens is 3. The first kappa shape index (κ1) is 22.3. The predicted octanol–water partition coefficient (Wildman–Crippen LogP) is 4.52. The number of fused-ring (bicyclic) bond motifs is 2. The van der Waals surface area contributed by atoms with Gasteiger partial charge in [0.05, 0.1) is 22.4 Å². The molecule has 1 aliphatic rings. The zero-order chi connectivity index (χ0) is 23.7. The van der Waals surface area contributed by atoms with Crippen LogP contribution >= 0.6 is 23.8 Å². The van der Waals surface area contributed by atoms with E-state index in [0.29, 0.717) is 23.1 Å². The molecule has 4 aromatic rings. The molecule has 0 amide bonds. The first-order valence-corrected chi connectivity index (χ1v) is 12.3. The third-order valence-electron chi connectivity index (χ3n) is 5.91. The second-order valence-electron chi connectivity index (χ2n) is 8.51. The van der Waals surface area contributed by atoms with Gasteiger partial charge in [0, 0.05) is 35.1 Å². The van der Waals surface area contributed by atoms with Crippen LogP contribution in [-0.2, 0) is 6.67 Å². The van der Waals surface area contributed by atoms with Gasteiger partial charge in [0.1, 0.15) is 12.4 Å². The number of terminal acetylenes is 1. The Balaban J connectivity index is 1.62. The van der Waals surface area contributed by atoms with Crippen molar-refractivity contribution in [1.82, 2.24) is 18.8 Å². The molecule has 0 spiro atoms. The molecule has 0 N–H and O–H groups in total. The SMILES string of the molecule is C#CCOc1ccc2c(c1)c(-c1ccc(C(C)C)cc1)nc(=S)n2CN1C=c2cnsc2=CC1. The first-order valence-electron chi connectivity index (χ1n) is 11.1. The molecule has 0 radical (unpaired) electrons. The molecule has 7 heteroatoms. The lowest BCUT2D eigenvalue weighted by molar-refractivity contribution is 0.368. The van der Waals surface area contributed by atoms with Gasteiger partial charge in [0.2, 0.25) is 4.77 Å². The molecule has 0 aliphatic carbocycles. The molecular formula is C27H24N4OS2. The summed E-state index contributed by atoms with van der Waals surface area (Å²) < 4.78 is 13.8. The molecular weight excluding hydrogens is 460 g/mol. The zero-order valence-corrected chi connectivity index (χ0v) is 20.7. The highest BCUT2D eigenvalue weighted by molar-refractivity contribution is 7.71. The van der Waals surface area contributed by atoms with E-state index in [2.05, 4.69) is 70.1 Å². The maximum atomic E-state index is 5.80. The van der Waals surface area contributed by atoms with Crippen molar-refractivity contribution in [2.75, 3.05) is 13.2 Å². The maximum absolute atomic E-state index is 5.80. The van der Waals surface area contributed by atoms with Crippen LogP contribution in [0.15, 0.2) is 48.7 Å². The van der Waals surface area contributed by atoms with E-state index < -0.39 is 0 Å². The number of nitrogens with zero attached hydrogens (tertiary/aromatic N) is 4. The summed E-state index contributed by atoms with van der Waals surface area (Å²) in [6.45, 7) is 5.97. The molecule has 5 nitrogen and oxygen atoms in total. The van der Waals surface area contributed by atoms with Crippen molar-refractivity contribution in [2.45, 2.75) is 26.4 Å². The Morgan fingerprint density at radius 3 is 2.79 bits per heavy atom. The van der Waals surface area contributed by atoms with Gasteiger partial charge < -0.3 is 9.64 Å². The predicted molar refractivity (Wildman–Crippen MR) is 141 cm³/mol. The van der Waals surface area contributed by atoms with Gasteiger partial charge in [-0.3, -0.25) is 4.57 Å². The Morgan fingerprint density at radius 1 is 1.21 bits per heavy atom.